The van der Waals surface area contributed by atoms with Gasteiger partial charge in [0.2, 0.25) is 0 Å². The van der Waals surface area contributed by atoms with Gasteiger partial charge in [-0.15, -0.1) is 0 Å². The van der Waals surface area contributed by atoms with Crippen molar-refractivity contribution >= 4 is 9.84 Å². The van der Waals surface area contributed by atoms with Gasteiger partial charge in [0.15, 0.2) is 9.84 Å². The van der Waals surface area contributed by atoms with Crippen LogP contribution in [-0.2, 0) is 9.84 Å². The standard InChI is InChI=1S/C13H18N2O4S/c14-11-12-1-3-13(4-2-12)20(18,19)10-7-15(5-8-16)6-9-17/h1-4,16-17H,5-10H2. The van der Waals surface area contributed by atoms with Crippen molar-refractivity contribution < 1.29 is 18.6 Å². The second-order valence-corrected chi connectivity index (χ2v) is 6.35. The summed E-state index contributed by atoms with van der Waals surface area (Å²) in [6.07, 6.45) is 0. The molecule has 0 saturated heterocycles. The van der Waals surface area contributed by atoms with Crippen LogP contribution in [-0.4, -0.2) is 62.1 Å². The second-order valence-electron chi connectivity index (χ2n) is 4.24. The van der Waals surface area contributed by atoms with Gasteiger partial charge in [0.1, 0.15) is 0 Å². The molecule has 1 rings (SSSR count). The summed E-state index contributed by atoms with van der Waals surface area (Å²) in [5, 5.41) is 26.4. The Kier molecular flexibility index (Phi) is 6.61. The smallest absolute Gasteiger partial charge is 0.179 e. The lowest BCUT2D eigenvalue weighted by molar-refractivity contribution is 0.167. The predicted octanol–water partition coefficient (Wildman–Crippen LogP) is -0.381. The van der Waals surface area contributed by atoms with Gasteiger partial charge in [-0.2, -0.15) is 5.26 Å². The third-order valence-electron chi connectivity index (χ3n) is 2.85. The van der Waals surface area contributed by atoms with Crippen molar-refractivity contribution in [3.8, 4) is 6.07 Å². The molecular weight excluding hydrogens is 280 g/mol. The highest BCUT2D eigenvalue weighted by Crippen LogP contribution is 2.12. The zero-order valence-corrected chi connectivity index (χ0v) is 11.9. The minimum atomic E-state index is -3.43. The largest absolute Gasteiger partial charge is 0.395 e. The van der Waals surface area contributed by atoms with Crippen LogP contribution >= 0.6 is 0 Å². The van der Waals surface area contributed by atoms with Crippen molar-refractivity contribution in [2.45, 2.75) is 4.90 Å². The van der Waals surface area contributed by atoms with Crippen molar-refractivity contribution in [3.63, 3.8) is 0 Å². The molecule has 7 heteroatoms. The fourth-order valence-electron chi connectivity index (χ4n) is 1.72. The van der Waals surface area contributed by atoms with Gasteiger partial charge >= 0.3 is 0 Å². The maximum atomic E-state index is 12.1. The highest BCUT2D eigenvalue weighted by Gasteiger charge is 2.16. The molecular formula is C13H18N2O4S. The van der Waals surface area contributed by atoms with Gasteiger partial charge in [-0.25, -0.2) is 8.42 Å². The van der Waals surface area contributed by atoms with E-state index in [0.29, 0.717) is 18.7 Å². The first-order valence-corrected chi connectivity index (χ1v) is 7.85. The van der Waals surface area contributed by atoms with Crippen molar-refractivity contribution in [2.24, 2.45) is 0 Å². The molecule has 0 unspecified atom stereocenters. The molecule has 6 nitrogen and oxygen atoms in total. The Labute approximate surface area is 118 Å². The van der Waals surface area contributed by atoms with Gasteiger partial charge in [-0.05, 0) is 24.3 Å². The molecule has 1 aromatic carbocycles. The Bertz CT molecular complexity index is 543. The molecule has 0 radical (unpaired) electrons. The van der Waals surface area contributed by atoms with Crippen molar-refractivity contribution in [1.82, 2.24) is 4.90 Å². The van der Waals surface area contributed by atoms with E-state index in [9.17, 15) is 8.42 Å². The van der Waals surface area contributed by atoms with E-state index in [0.717, 1.165) is 0 Å². The summed E-state index contributed by atoms with van der Waals surface area (Å²) in [4.78, 5) is 1.85. The Morgan fingerprint density at radius 1 is 1.05 bits per heavy atom. The lowest BCUT2D eigenvalue weighted by Gasteiger charge is -2.19. The number of benzene rings is 1. The summed E-state index contributed by atoms with van der Waals surface area (Å²) in [5.41, 5.74) is 0.408. The molecule has 0 aliphatic carbocycles. The normalized spacial score (nSPS) is 11.5. The third kappa shape index (κ3) is 4.90. The van der Waals surface area contributed by atoms with E-state index < -0.39 is 9.84 Å². The second kappa shape index (κ2) is 7.97. The van der Waals surface area contributed by atoms with Crippen LogP contribution < -0.4 is 0 Å². The summed E-state index contributed by atoms with van der Waals surface area (Å²) in [5.74, 6) is -0.0983. The molecule has 0 spiro atoms. The van der Waals surface area contributed by atoms with Gasteiger partial charge < -0.3 is 10.2 Å². The monoisotopic (exact) mass is 298 g/mol. The first-order valence-electron chi connectivity index (χ1n) is 6.20. The van der Waals surface area contributed by atoms with E-state index in [-0.39, 0.29) is 30.4 Å². The van der Waals surface area contributed by atoms with Gasteiger partial charge in [0.05, 0.1) is 35.5 Å². The molecule has 0 fully saturated rings. The van der Waals surface area contributed by atoms with Crippen LogP contribution in [0.1, 0.15) is 5.56 Å². The molecule has 0 saturated carbocycles. The first kappa shape index (κ1) is 16.6. The lowest BCUT2D eigenvalue weighted by atomic mass is 10.2. The number of hydrogen-bond donors (Lipinski definition) is 2. The van der Waals surface area contributed by atoms with E-state index in [1.165, 1.54) is 24.3 Å². The average Bonchev–Trinajstić information content (AvgIpc) is 2.45. The number of rotatable bonds is 8. The topological polar surface area (TPSA) is 102 Å². The molecule has 0 aliphatic rings. The summed E-state index contributed by atoms with van der Waals surface area (Å²) < 4.78 is 24.2. The number of hydrogen-bond acceptors (Lipinski definition) is 6. The molecule has 0 aromatic heterocycles. The lowest BCUT2D eigenvalue weighted by Crippen LogP contribution is -2.34. The molecule has 0 bridgehead atoms. The first-order chi connectivity index (χ1) is 9.53. The van der Waals surface area contributed by atoms with E-state index in [1.54, 1.807) is 4.90 Å². The fraction of sp³-hybridized carbons (Fsp3) is 0.462. The van der Waals surface area contributed by atoms with Crippen LogP contribution in [0.15, 0.2) is 29.2 Å². The van der Waals surface area contributed by atoms with Gasteiger partial charge in [-0.3, -0.25) is 4.90 Å². The average molecular weight is 298 g/mol. The minimum Gasteiger partial charge on any atom is -0.395 e. The maximum Gasteiger partial charge on any atom is 0.179 e. The van der Waals surface area contributed by atoms with Gasteiger partial charge in [0.25, 0.3) is 0 Å². The molecule has 20 heavy (non-hydrogen) atoms. The SMILES string of the molecule is N#Cc1ccc(S(=O)(=O)CCN(CCO)CCO)cc1. The van der Waals surface area contributed by atoms with Gasteiger partial charge in [0, 0.05) is 19.6 Å². The van der Waals surface area contributed by atoms with Gasteiger partial charge in [-0.1, -0.05) is 0 Å². The molecule has 1 aromatic rings. The Morgan fingerprint density at radius 3 is 2.05 bits per heavy atom. The third-order valence-corrected chi connectivity index (χ3v) is 4.56. The Hall–Kier alpha value is -1.46. The summed E-state index contributed by atoms with van der Waals surface area (Å²) in [7, 11) is -3.43. The number of aliphatic hydroxyl groups is 2. The Balaban J connectivity index is 2.71. The maximum absolute atomic E-state index is 12.1. The zero-order chi connectivity index (χ0) is 15.0. The highest BCUT2D eigenvalue weighted by atomic mass is 32.2. The van der Waals surface area contributed by atoms with Crippen molar-refractivity contribution in [1.29, 1.82) is 5.26 Å². The summed E-state index contributed by atoms with van der Waals surface area (Å²) in [6.45, 7) is 0.712. The van der Waals surface area contributed by atoms with Crippen LogP contribution in [0, 0.1) is 11.3 Å². The minimum absolute atomic E-state index is 0.0864. The van der Waals surface area contributed by atoms with E-state index >= 15 is 0 Å². The number of aliphatic hydroxyl groups excluding tert-OH is 2. The predicted molar refractivity (Wildman–Crippen MR) is 73.8 cm³/mol. The highest BCUT2D eigenvalue weighted by molar-refractivity contribution is 7.91. The summed E-state index contributed by atoms with van der Waals surface area (Å²) >= 11 is 0. The molecule has 0 atom stereocenters. The number of sulfone groups is 1. The zero-order valence-electron chi connectivity index (χ0n) is 11.1. The van der Waals surface area contributed by atoms with Crippen LogP contribution in [0.5, 0.6) is 0 Å². The molecule has 2 N–H and O–H groups in total. The van der Waals surface area contributed by atoms with Crippen LogP contribution in [0.25, 0.3) is 0 Å². The van der Waals surface area contributed by atoms with E-state index in [1.807, 2.05) is 6.07 Å². The number of nitriles is 1. The van der Waals surface area contributed by atoms with E-state index in [2.05, 4.69) is 0 Å². The molecule has 0 aliphatic heterocycles. The van der Waals surface area contributed by atoms with E-state index in [4.69, 9.17) is 15.5 Å². The molecule has 110 valence electrons. The molecule has 0 heterocycles. The Morgan fingerprint density at radius 2 is 1.60 bits per heavy atom. The number of nitrogens with zero attached hydrogens (tertiary/aromatic N) is 2. The van der Waals surface area contributed by atoms with Crippen LogP contribution in [0.3, 0.4) is 0 Å². The van der Waals surface area contributed by atoms with Crippen molar-refractivity contribution in [3.05, 3.63) is 29.8 Å². The van der Waals surface area contributed by atoms with Crippen molar-refractivity contribution in [2.75, 3.05) is 38.6 Å². The molecule has 0 amide bonds. The fourth-order valence-corrected chi connectivity index (χ4v) is 3.01. The quantitative estimate of drug-likeness (QED) is 0.678. The van der Waals surface area contributed by atoms with Crippen LogP contribution in [0.4, 0.5) is 0 Å². The van der Waals surface area contributed by atoms with Crippen LogP contribution in [0.2, 0.25) is 0 Å². The summed E-state index contributed by atoms with van der Waals surface area (Å²) in [6, 6.07) is 7.69.